The maximum Gasteiger partial charge on any atom is 0.229 e. The normalized spacial score (nSPS) is 9.69. The lowest BCUT2D eigenvalue weighted by Crippen LogP contribution is -2.23. The van der Waals surface area contributed by atoms with E-state index in [-0.39, 0.29) is 11.7 Å². The standard InChI is InChI=1S/C10H13NOS/c1-8-2-4-9(5-3-8)6-11-10(12)7-13/h2-5,13H,6-7H2,1H3,(H,11,12). The predicted molar refractivity (Wildman–Crippen MR) is 56.9 cm³/mol. The van der Waals surface area contributed by atoms with Crippen molar-refractivity contribution >= 4 is 18.5 Å². The van der Waals surface area contributed by atoms with Crippen molar-refractivity contribution in [3.8, 4) is 0 Å². The van der Waals surface area contributed by atoms with Gasteiger partial charge in [0.15, 0.2) is 0 Å². The minimum atomic E-state index is -0.0380. The molecule has 13 heavy (non-hydrogen) atoms. The number of carbonyl (C=O) groups excluding carboxylic acids is 1. The van der Waals surface area contributed by atoms with Gasteiger partial charge in [-0.25, -0.2) is 0 Å². The second-order valence-corrected chi connectivity index (χ2v) is 3.24. The molecule has 0 aliphatic rings. The number of amides is 1. The number of hydrogen-bond donors (Lipinski definition) is 2. The fourth-order valence-electron chi connectivity index (χ4n) is 0.962. The van der Waals surface area contributed by atoms with Gasteiger partial charge >= 0.3 is 0 Å². The van der Waals surface area contributed by atoms with Crippen LogP contribution in [0.15, 0.2) is 24.3 Å². The van der Waals surface area contributed by atoms with Crippen LogP contribution in [0.3, 0.4) is 0 Å². The summed E-state index contributed by atoms with van der Waals surface area (Å²) in [4.78, 5) is 10.9. The Labute approximate surface area is 83.8 Å². The average Bonchev–Trinajstić information content (AvgIpc) is 2.16. The Balaban J connectivity index is 2.46. The Hall–Kier alpha value is -0.960. The highest BCUT2D eigenvalue weighted by molar-refractivity contribution is 7.81. The van der Waals surface area contributed by atoms with Crippen molar-refractivity contribution in [1.29, 1.82) is 0 Å². The Kier molecular flexibility index (Phi) is 3.83. The average molecular weight is 195 g/mol. The monoisotopic (exact) mass is 195 g/mol. The first-order valence-electron chi connectivity index (χ1n) is 4.15. The van der Waals surface area contributed by atoms with Crippen LogP contribution in [0.2, 0.25) is 0 Å². The second kappa shape index (κ2) is 4.92. The van der Waals surface area contributed by atoms with E-state index in [0.29, 0.717) is 6.54 Å². The van der Waals surface area contributed by atoms with E-state index in [2.05, 4.69) is 17.9 Å². The Morgan fingerprint density at radius 3 is 2.54 bits per heavy atom. The van der Waals surface area contributed by atoms with E-state index in [1.54, 1.807) is 0 Å². The van der Waals surface area contributed by atoms with E-state index < -0.39 is 0 Å². The van der Waals surface area contributed by atoms with Crippen LogP contribution in [0.25, 0.3) is 0 Å². The third-order valence-electron chi connectivity index (χ3n) is 1.75. The molecule has 1 aromatic carbocycles. The number of benzene rings is 1. The molecule has 0 atom stereocenters. The summed E-state index contributed by atoms with van der Waals surface area (Å²) in [6, 6.07) is 8.08. The molecule has 0 heterocycles. The minimum Gasteiger partial charge on any atom is -0.351 e. The molecule has 3 heteroatoms. The zero-order chi connectivity index (χ0) is 9.68. The largest absolute Gasteiger partial charge is 0.351 e. The zero-order valence-electron chi connectivity index (χ0n) is 7.58. The molecule has 1 aromatic rings. The maximum absolute atomic E-state index is 10.9. The van der Waals surface area contributed by atoms with Crippen LogP contribution in [-0.4, -0.2) is 11.7 Å². The molecule has 0 aliphatic carbocycles. The summed E-state index contributed by atoms with van der Waals surface area (Å²) in [5.74, 6) is 0.204. The van der Waals surface area contributed by atoms with E-state index >= 15 is 0 Å². The summed E-state index contributed by atoms with van der Waals surface area (Å²) in [5, 5.41) is 2.75. The smallest absolute Gasteiger partial charge is 0.229 e. The highest BCUT2D eigenvalue weighted by Gasteiger charge is 1.96. The number of nitrogens with one attached hydrogen (secondary N) is 1. The molecule has 0 saturated carbocycles. The van der Waals surface area contributed by atoms with Gasteiger partial charge in [0.25, 0.3) is 0 Å². The van der Waals surface area contributed by atoms with E-state index in [4.69, 9.17) is 0 Å². The molecular weight excluding hydrogens is 182 g/mol. The van der Waals surface area contributed by atoms with E-state index in [1.165, 1.54) is 5.56 Å². The van der Waals surface area contributed by atoms with E-state index in [1.807, 2.05) is 31.2 Å². The highest BCUT2D eigenvalue weighted by Crippen LogP contribution is 2.02. The lowest BCUT2D eigenvalue weighted by atomic mass is 10.1. The molecule has 1 rings (SSSR count). The van der Waals surface area contributed by atoms with Crippen LogP contribution in [0.1, 0.15) is 11.1 Å². The molecule has 0 saturated heterocycles. The van der Waals surface area contributed by atoms with Gasteiger partial charge in [0, 0.05) is 6.54 Å². The summed E-state index contributed by atoms with van der Waals surface area (Å²) < 4.78 is 0. The van der Waals surface area contributed by atoms with Crippen molar-refractivity contribution in [3.63, 3.8) is 0 Å². The molecular formula is C10H13NOS. The van der Waals surface area contributed by atoms with Gasteiger partial charge in [0.2, 0.25) is 5.91 Å². The van der Waals surface area contributed by atoms with Crippen molar-refractivity contribution in [3.05, 3.63) is 35.4 Å². The van der Waals surface area contributed by atoms with Gasteiger partial charge in [-0.3, -0.25) is 4.79 Å². The fraction of sp³-hybridized carbons (Fsp3) is 0.300. The van der Waals surface area contributed by atoms with Crippen molar-refractivity contribution in [2.24, 2.45) is 0 Å². The van der Waals surface area contributed by atoms with Crippen LogP contribution in [0.4, 0.5) is 0 Å². The van der Waals surface area contributed by atoms with Gasteiger partial charge in [0.1, 0.15) is 0 Å². The summed E-state index contributed by atoms with van der Waals surface area (Å²) in [6.07, 6.45) is 0. The maximum atomic E-state index is 10.9. The van der Waals surface area contributed by atoms with Crippen LogP contribution < -0.4 is 5.32 Å². The molecule has 0 radical (unpaired) electrons. The molecule has 0 unspecified atom stereocenters. The zero-order valence-corrected chi connectivity index (χ0v) is 8.47. The highest BCUT2D eigenvalue weighted by atomic mass is 32.1. The molecule has 0 spiro atoms. The molecule has 0 aliphatic heterocycles. The van der Waals surface area contributed by atoms with Crippen LogP contribution in [-0.2, 0) is 11.3 Å². The van der Waals surface area contributed by atoms with Crippen LogP contribution in [0, 0.1) is 6.92 Å². The van der Waals surface area contributed by atoms with Crippen molar-refractivity contribution in [2.75, 3.05) is 5.75 Å². The van der Waals surface area contributed by atoms with Crippen molar-refractivity contribution in [1.82, 2.24) is 5.32 Å². The molecule has 0 fully saturated rings. The van der Waals surface area contributed by atoms with Gasteiger partial charge in [-0.05, 0) is 12.5 Å². The predicted octanol–water partition coefficient (Wildman–Crippen LogP) is 1.54. The number of thiol groups is 1. The van der Waals surface area contributed by atoms with Gasteiger partial charge in [0.05, 0.1) is 5.75 Å². The van der Waals surface area contributed by atoms with Crippen molar-refractivity contribution < 1.29 is 4.79 Å². The van der Waals surface area contributed by atoms with Gasteiger partial charge in [-0.15, -0.1) is 0 Å². The molecule has 70 valence electrons. The van der Waals surface area contributed by atoms with Crippen LogP contribution in [0.5, 0.6) is 0 Å². The third-order valence-corrected chi connectivity index (χ3v) is 2.04. The summed E-state index contributed by atoms with van der Waals surface area (Å²) in [5.41, 5.74) is 2.34. The number of hydrogen-bond acceptors (Lipinski definition) is 2. The first-order valence-corrected chi connectivity index (χ1v) is 4.78. The third kappa shape index (κ3) is 3.51. The fourth-order valence-corrected chi connectivity index (χ4v) is 1.07. The second-order valence-electron chi connectivity index (χ2n) is 2.92. The molecule has 0 aromatic heterocycles. The molecule has 1 N–H and O–H groups in total. The van der Waals surface area contributed by atoms with E-state index in [9.17, 15) is 4.79 Å². The Morgan fingerprint density at radius 1 is 1.38 bits per heavy atom. The van der Waals surface area contributed by atoms with Gasteiger partial charge < -0.3 is 5.32 Å². The summed E-state index contributed by atoms with van der Waals surface area (Å²) in [7, 11) is 0. The van der Waals surface area contributed by atoms with Crippen LogP contribution >= 0.6 is 12.6 Å². The topological polar surface area (TPSA) is 29.1 Å². The Morgan fingerprint density at radius 2 is 2.00 bits per heavy atom. The van der Waals surface area contributed by atoms with E-state index in [0.717, 1.165) is 5.56 Å². The van der Waals surface area contributed by atoms with Gasteiger partial charge in [-0.2, -0.15) is 12.6 Å². The first-order chi connectivity index (χ1) is 6.22. The number of carbonyl (C=O) groups is 1. The van der Waals surface area contributed by atoms with Crippen molar-refractivity contribution in [2.45, 2.75) is 13.5 Å². The minimum absolute atomic E-state index is 0.0380. The molecule has 0 bridgehead atoms. The summed E-state index contributed by atoms with van der Waals surface area (Å²) in [6.45, 7) is 2.62. The lowest BCUT2D eigenvalue weighted by Gasteiger charge is -2.03. The molecule has 2 nitrogen and oxygen atoms in total. The lowest BCUT2D eigenvalue weighted by molar-refractivity contribution is -0.118. The Bertz CT molecular complexity index is 281. The number of aryl methyl sites for hydroxylation is 1. The first kappa shape index (κ1) is 10.1. The SMILES string of the molecule is Cc1ccc(CNC(=O)CS)cc1. The molecule has 1 amide bonds. The summed E-state index contributed by atoms with van der Waals surface area (Å²) >= 11 is 3.87. The van der Waals surface area contributed by atoms with Gasteiger partial charge in [-0.1, -0.05) is 29.8 Å². The quantitative estimate of drug-likeness (QED) is 0.704. The number of rotatable bonds is 3.